The minimum Gasteiger partial charge on any atom is -0.398 e. The lowest BCUT2D eigenvalue weighted by molar-refractivity contribution is 0.340. The molecule has 0 aromatic heterocycles. The lowest BCUT2D eigenvalue weighted by Gasteiger charge is -2.14. The van der Waals surface area contributed by atoms with Crippen molar-refractivity contribution in [2.75, 3.05) is 31.1 Å². The average molecular weight is 347 g/mol. The lowest BCUT2D eigenvalue weighted by atomic mass is 10.3. The summed E-state index contributed by atoms with van der Waals surface area (Å²) in [6, 6.07) is 4.92. The Bertz CT molecular complexity index is 540. The maximum Gasteiger partial charge on any atom is 0.180 e. The van der Waals surface area contributed by atoms with E-state index < -0.39 is 9.84 Å². The van der Waals surface area contributed by atoms with Crippen LogP contribution in [0.25, 0.3) is 0 Å². The van der Waals surface area contributed by atoms with Crippen LogP contribution in [0.5, 0.6) is 0 Å². The van der Waals surface area contributed by atoms with E-state index in [0.29, 0.717) is 12.1 Å². The van der Waals surface area contributed by atoms with Gasteiger partial charge in [-0.05, 0) is 57.1 Å². The topological polar surface area (TPSA) is 63.4 Å². The predicted octanol–water partition coefficient (Wildman–Crippen LogP) is 2.29. The van der Waals surface area contributed by atoms with Crippen molar-refractivity contribution in [1.29, 1.82) is 0 Å². The monoisotopic (exact) mass is 346 g/mol. The van der Waals surface area contributed by atoms with Crippen molar-refractivity contribution in [2.45, 2.75) is 24.2 Å². The first-order valence-electron chi connectivity index (χ1n) is 6.49. The molecule has 0 atom stereocenters. The van der Waals surface area contributed by atoms with Gasteiger partial charge in [0.1, 0.15) is 0 Å². The average Bonchev–Trinajstić information content (AvgIpc) is 2.81. The number of nitrogens with zero attached hydrogens (tertiary/aromatic N) is 1. The van der Waals surface area contributed by atoms with E-state index in [2.05, 4.69) is 20.8 Å². The van der Waals surface area contributed by atoms with Gasteiger partial charge in [-0.1, -0.05) is 15.9 Å². The molecule has 0 spiro atoms. The Labute approximate surface area is 123 Å². The zero-order chi connectivity index (χ0) is 13.9. The summed E-state index contributed by atoms with van der Waals surface area (Å²) >= 11 is 3.28. The molecule has 6 heteroatoms. The van der Waals surface area contributed by atoms with Crippen molar-refractivity contribution in [2.24, 2.45) is 0 Å². The normalized spacial score (nSPS) is 16.9. The van der Waals surface area contributed by atoms with Gasteiger partial charge in [-0.2, -0.15) is 0 Å². The quantitative estimate of drug-likeness (QED) is 0.830. The zero-order valence-corrected chi connectivity index (χ0v) is 13.2. The Hall–Kier alpha value is -0.590. The van der Waals surface area contributed by atoms with Crippen LogP contribution in [-0.4, -0.2) is 38.7 Å². The number of hydrogen-bond acceptors (Lipinski definition) is 4. The van der Waals surface area contributed by atoms with Crippen LogP contribution >= 0.6 is 15.9 Å². The van der Waals surface area contributed by atoms with E-state index in [9.17, 15) is 8.42 Å². The third-order valence-corrected chi connectivity index (χ3v) is 5.75. The van der Waals surface area contributed by atoms with E-state index in [1.54, 1.807) is 18.2 Å². The highest BCUT2D eigenvalue weighted by Gasteiger charge is 2.19. The van der Waals surface area contributed by atoms with E-state index in [1.807, 2.05) is 0 Å². The molecule has 2 N–H and O–H groups in total. The molecule has 0 bridgehead atoms. The standard InChI is InChI=1S/C13H19BrN2O2S/c14-11-4-5-13(12(15)10-11)19(17,18)9-3-8-16-6-1-2-7-16/h4-5,10H,1-3,6-9,15H2. The Morgan fingerprint density at radius 1 is 1.26 bits per heavy atom. The molecule has 1 aliphatic rings. The van der Waals surface area contributed by atoms with E-state index >= 15 is 0 Å². The zero-order valence-electron chi connectivity index (χ0n) is 10.8. The van der Waals surface area contributed by atoms with Crippen molar-refractivity contribution in [3.05, 3.63) is 22.7 Å². The molecule has 0 unspecified atom stereocenters. The number of rotatable bonds is 5. The van der Waals surface area contributed by atoms with E-state index in [4.69, 9.17) is 5.73 Å². The van der Waals surface area contributed by atoms with Crippen molar-refractivity contribution >= 4 is 31.5 Å². The number of sulfone groups is 1. The van der Waals surface area contributed by atoms with Gasteiger partial charge in [0.15, 0.2) is 9.84 Å². The summed E-state index contributed by atoms with van der Waals surface area (Å²) in [6.45, 7) is 3.05. The van der Waals surface area contributed by atoms with Crippen LogP contribution in [0.4, 0.5) is 5.69 Å². The highest BCUT2D eigenvalue weighted by Crippen LogP contribution is 2.24. The van der Waals surface area contributed by atoms with Crippen molar-refractivity contribution < 1.29 is 8.42 Å². The first-order chi connectivity index (χ1) is 8.99. The Morgan fingerprint density at radius 3 is 2.58 bits per heavy atom. The third-order valence-electron chi connectivity index (χ3n) is 3.39. The predicted molar refractivity (Wildman–Crippen MR) is 80.9 cm³/mol. The van der Waals surface area contributed by atoms with Crippen molar-refractivity contribution in [3.8, 4) is 0 Å². The molecular weight excluding hydrogens is 328 g/mol. The maximum absolute atomic E-state index is 12.2. The molecule has 1 aliphatic heterocycles. The summed E-state index contributed by atoms with van der Waals surface area (Å²) in [5, 5.41) is 0. The molecule has 19 heavy (non-hydrogen) atoms. The van der Waals surface area contributed by atoms with E-state index in [-0.39, 0.29) is 10.6 Å². The molecule has 0 radical (unpaired) electrons. The maximum atomic E-state index is 12.2. The number of hydrogen-bond donors (Lipinski definition) is 1. The molecular formula is C13H19BrN2O2S. The highest BCUT2D eigenvalue weighted by molar-refractivity contribution is 9.10. The van der Waals surface area contributed by atoms with Gasteiger partial charge in [-0.25, -0.2) is 8.42 Å². The summed E-state index contributed by atoms with van der Waals surface area (Å²) in [4.78, 5) is 2.57. The molecule has 1 aromatic rings. The van der Waals surface area contributed by atoms with Gasteiger partial charge in [0.05, 0.1) is 16.3 Å². The minimum atomic E-state index is -3.27. The molecule has 0 amide bonds. The number of likely N-dealkylation sites (tertiary alicyclic amines) is 1. The lowest BCUT2D eigenvalue weighted by Crippen LogP contribution is -2.22. The molecule has 2 rings (SSSR count). The molecule has 1 saturated heterocycles. The molecule has 0 aliphatic carbocycles. The first kappa shape index (κ1) is 14.8. The SMILES string of the molecule is Nc1cc(Br)ccc1S(=O)(=O)CCCN1CCCC1. The smallest absolute Gasteiger partial charge is 0.180 e. The van der Waals surface area contributed by atoms with Crippen LogP contribution < -0.4 is 5.73 Å². The summed E-state index contributed by atoms with van der Waals surface area (Å²) < 4.78 is 25.2. The summed E-state index contributed by atoms with van der Waals surface area (Å²) in [5.41, 5.74) is 6.10. The number of benzene rings is 1. The van der Waals surface area contributed by atoms with Crippen molar-refractivity contribution in [3.63, 3.8) is 0 Å². The molecule has 106 valence electrons. The number of anilines is 1. The van der Waals surface area contributed by atoms with E-state index in [0.717, 1.165) is 24.1 Å². The second kappa shape index (κ2) is 6.24. The summed E-state index contributed by atoms with van der Waals surface area (Å²) in [5.74, 6) is 0.162. The van der Waals surface area contributed by atoms with Gasteiger partial charge in [0, 0.05) is 4.47 Å². The van der Waals surface area contributed by atoms with Gasteiger partial charge in [-0.15, -0.1) is 0 Å². The fraction of sp³-hybridized carbons (Fsp3) is 0.538. The Morgan fingerprint density at radius 2 is 1.95 bits per heavy atom. The van der Waals surface area contributed by atoms with Crippen molar-refractivity contribution in [1.82, 2.24) is 4.90 Å². The van der Waals surface area contributed by atoms with Gasteiger partial charge >= 0.3 is 0 Å². The van der Waals surface area contributed by atoms with Crippen LogP contribution in [0.3, 0.4) is 0 Å². The van der Waals surface area contributed by atoms with Crippen LogP contribution in [0.1, 0.15) is 19.3 Å². The highest BCUT2D eigenvalue weighted by atomic mass is 79.9. The second-order valence-corrected chi connectivity index (χ2v) is 7.90. The third kappa shape index (κ3) is 3.94. The molecule has 1 aromatic carbocycles. The molecule has 1 fully saturated rings. The van der Waals surface area contributed by atoms with Gasteiger partial charge in [0.25, 0.3) is 0 Å². The number of nitrogen functional groups attached to an aromatic ring is 1. The first-order valence-corrected chi connectivity index (χ1v) is 8.94. The number of halogens is 1. The molecule has 1 heterocycles. The second-order valence-electron chi connectivity index (χ2n) is 4.90. The Balaban J connectivity index is 1.97. The van der Waals surface area contributed by atoms with Gasteiger partial charge < -0.3 is 10.6 Å². The van der Waals surface area contributed by atoms with Crippen LogP contribution in [-0.2, 0) is 9.84 Å². The Kier molecular flexibility index (Phi) is 4.86. The van der Waals surface area contributed by atoms with Crippen LogP contribution in [0, 0.1) is 0 Å². The van der Waals surface area contributed by atoms with Gasteiger partial charge in [0.2, 0.25) is 0 Å². The number of nitrogens with two attached hydrogens (primary N) is 1. The van der Waals surface area contributed by atoms with Gasteiger partial charge in [-0.3, -0.25) is 0 Å². The minimum absolute atomic E-state index is 0.162. The fourth-order valence-electron chi connectivity index (χ4n) is 2.40. The molecule has 4 nitrogen and oxygen atoms in total. The molecule has 0 saturated carbocycles. The van der Waals surface area contributed by atoms with Crippen LogP contribution in [0.2, 0.25) is 0 Å². The van der Waals surface area contributed by atoms with E-state index in [1.165, 1.54) is 12.8 Å². The van der Waals surface area contributed by atoms with Crippen LogP contribution in [0.15, 0.2) is 27.6 Å². The fourth-order valence-corrected chi connectivity index (χ4v) is 4.20. The summed E-state index contributed by atoms with van der Waals surface area (Å²) in [7, 11) is -3.27. The summed E-state index contributed by atoms with van der Waals surface area (Å²) in [6.07, 6.45) is 3.12. The largest absolute Gasteiger partial charge is 0.398 e.